The molecule has 0 amide bonds. The maximum Gasteiger partial charge on any atom is 0.124 e. The first-order valence-corrected chi connectivity index (χ1v) is 5.58. The molecule has 2 N–H and O–H groups in total. The average Bonchev–Trinajstić information content (AvgIpc) is 2.40. The van der Waals surface area contributed by atoms with Crippen LogP contribution in [0.15, 0.2) is 47.1 Å². The molecule has 1 aromatic rings. The smallest absolute Gasteiger partial charge is 0.124 e. The summed E-state index contributed by atoms with van der Waals surface area (Å²) in [4.78, 5) is 4.19. The lowest BCUT2D eigenvalue weighted by Crippen LogP contribution is -2.42. The molecule has 4 nitrogen and oxygen atoms in total. The molecule has 1 unspecified atom stereocenters. The van der Waals surface area contributed by atoms with E-state index in [2.05, 4.69) is 27.8 Å². The summed E-state index contributed by atoms with van der Waals surface area (Å²) < 4.78 is 5.14. The lowest BCUT2D eigenvalue weighted by molar-refractivity contribution is 0.216. The number of amidine groups is 1. The van der Waals surface area contributed by atoms with Crippen LogP contribution in [0, 0.1) is 0 Å². The number of aliphatic imine (C=N–C) groups is 1. The molecule has 0 aliphatic carbocycles. The molecule has 0 bridgehead atoms. The maximum absolute atomic E-state index is 5.14. The van der Waals surface area contributed by atoms with Crippen LogP contribution in [-0.2, 0) is 4.74 Å². The molecule has 17 heavy (non-hydrogen) atoms. The fraction of sp³-hybridized carbons (Fsp3) is 0.308. The number of hydrogen-bond acceptors (Lipinski definition) is 3. The van der Waals surface area contributed by atoms with E-state index < -0.39 is 0 Å². The Morgan fingerprint density at radius 1 is 1.24 bits per heavy atom. The first-order chi connectivity index (χ1) is 8.33. The van der Waals surface area contributed by atoms with E-state index in [9.17, 15) is 0 Å². The topological polar surface area (TPSA) is 45.6 Å². The first-order valence-electron chi connectivity index (χ1n) is 5.58. The summed E-state index contributed by atoms with van der Waals surface area (Å²) in [6.07, 6.45) is 2.01. The Bertz CT molecular complexity index is 426. The van der Waals surface area contributed by atoms with Crippen LogP contribution >= 0.6 is 0 Å². The van der Waals surface area contributed by atoms with Gasteiger partial charge in [0.2, 0.25) is 0 Å². The Morgan fingerprint density at radius 3 is 2.65 bits per heavy atom. The third kappa shape index (κ3) is 2.85. The summed E-state index contributed by atoms with van der Waals surface area (Å²) in [5.41, 5.74) is 2.20. The van der Waals surface area contributed by atoms with Gasteiger partial charge in [-0.3, -0.25) is 4.99 Å². The van der Waals surface area contributed by atoms with Crippen LogP contribution in [0.3, 0.4) is 0 Å². The van der Waals surface area contributed by atoms with E-state index in [1.54, 1.807) is 14.2 Å². The van der Waals surface area contributed by atoms with Crippen LogP contribution in [0.4, 0.5) is 0 Å². The summed E-state index contributed by atoms with van der Waals surface area (Å²) in [7, 11) is 3.46. The molecule has 0 radical (unpaired) electrons. The van der Waals surface area contributed by atoms with Gasteiger partial charge >= 0.3 is 0 Å². The lowest BCUT2D eigenvalue weighted by Gasteiger charge is -2.28. The van der Waals surface area contributed by atoms with Gasteiger partial charge in [-0.05, 0) is 5.56 Å². The van der Waals surface area contributed by atoms with E-state index in [-0.39, 0.29) is 6.17 Å². The number of nitrogens with zero attached hydrogens (tertiary/aromatic N) is 1. The number of ether oxygens (including phenoxy) is 1. The van der Waals surface area contributed by atoms with Crippen molar-refractivity contribution in [2.75, 3.05) is 20.8 Å². The van der Waals surface area contributed by atoms with Gasteiger partial charge in [0.1, 0.15) is 12.0 Å². The third-order valence-electron chi connectivity index (χ3n) is 2.61. The molecule has 4 heteroatoms. The van der Waals surface area contributed by atoms with Crippen LogP contribution < -0.4 is 10.6 Å². The van der Waals surface area contributed by atoms with Crippen molar-refractivity contribution in [2.45, 2.75) is 6.17 Å². The molecule has 1 aliphatic heterocycles. The Labute approximate surface area is 101 Å². The predicted molar refractivity (Wildman–Crippen MR) is 68.8 cm³/mol. The second-order valence-electron chi connectivity index (χ2n) is 3.84. The van der Waals surface area contributed by atoms with Gasteiger partial charge in [0.05, 0.1) is 6.61 Å². The third-order valence-corrected chi connectivity index (χ3v) is 2.61. The summed E-state index contributed by atoms with van der Waals surface area (Å²) in [6.45, 7) is 0.560. The highest BCUT2D eigenvalue weighted by atomic mass is 16.5. The van der Waals surface area contributed by atoms with E-state index in [1.165, 1.54) is 5.56 Å². The monoisotopic (exact) mass is 231 g/mol. The molecule has 1 aromatic carbocycles. The molecule has 90 valence electrons. The van der Waals surface area contributed by atoms with E-state index in [4.69, 9.17) is 4.74 Å². The van der Waals surface area contributed by atoms with Crippen LogP contribution in [0.1, 0.15) is 11.7 Å². The van der Waals surface area contributed by atoms with E-state index >= 15 is 0 Å². The van der Waals surface area contributed by atoms with Gasteiger partial charge in [0.25, 0.3) is 0 Å². The van der Waals surface area contributed by atoms with E-state index in [0.717, 1.165) is 11.5 Å². The number of benzene rings is 1. The minimum absolute atomic E-state index is 0.0463. The Hall–Kier alpha value is -1.81. The Kier molecular flexibility index (Phi) is 3.77. The Balaban J connectivity index is 2.20. The number of rotatable bonds is 3. The normalized spacial score (nSPS) is 21.6. The number of hydrogen-bond donors (Lipinski definition) is 2. The average molecular weight is 231 g/mol. The van der Waals surface area contributed by atoms with E-state index in [1.807, 2.05) is 24.3 Å². The molecule has 0 spiro atoms. The highest BCUT2D eigenvalue weighted by molar-refractivity contribution is 5.94. The first kappa shape index (κ1) is 11.7. The van der Waals surface area contributed by atoms with Crippen molar-refractivity contribution in [1.82, 2.24) is 10.6 Å². The van der Waals surface area contributed by atoms with Crippen LogP contribution in [0.25, 0.3) is 0 Å². The van der Waals surface area contributed by atoms with Gasteiger partial charge in [0, 0.05) is 25.9 Å². The van der Waals surface area contributed by atoms with Crippen molar-refractivity contribution >= 4 is 5.84 Å². The summed E-state index contributed by atoms with van der Waals surface area (Å²) in [6, 6.07) is 10.2. The van der Waals surface area contributed by atoms with Gasteiger partial charge in [-0.25, -0.2) is 0 Å². The molecular weight excluding hydrogens is 214 g/mol. The predicted octanol–water partition coefficient (Wildman–Crippen LogP) is 1.44. The quantitative estimate of drug-likeness (QED) is 0.827. The number of methoxy groups -OCH3 is 1. The van der Waals surface area contributed by atoms with Crippen molar-refractivity contribution in [3.05, 3.63) is 47.7 Å². The molecule has 1 heterocycles. The van der Waals surface area contributed by atoms with E-state index in [0.29, 0.717) is 6.61 Å². The molecule has 0 fully saturated rings. The molecule has 2 rings (SSSR count). The highest BCUT2D eigenvalue weighted by Gasteiger charge is 2.17. The standard InChI is InChI=1S/C13H17N3O/c1-14-12-8-11(9-17-2)15-13(16-12)10-6-4-3-5-7-10/h3-8,13,15H,9H2,1-2H3,(H,14,16). The summed E-state index contributed by atoms with van der Waals surface area (Å²) in [5, 5.41) is 6.69. The van der Waals surface area contributed by atoms with Crippen molar-refractivity contribution in [1.29, 1.82) is 0 Å². The molecule has 0 saturated heterocycles. The molecule has 0 saturated carbocycles. The Morgan fingerprint density at radius 2 is 2.00 bits per heavy atom. The SMILES string of the molecule is CN=C1C=C(COC)NC(c2ccccc2)N1. The molecule has 1 aliphatic rings. The van der Waals surface area contributed by atoms with Crippen LogP contribution in [0.5, 0.6) is 0 Å². The minimum atomic E-state index is 0.0463. The minimum Gasteiger partial charge on any atom is -0.378 e. The summed E-state index contributed by atoms with van der Waals surface area (Å²) in [5.74, 6) is 0.865. The molecular formula is C13H17N3O. The molecule has 0 aromatic heterocycles. The van der Waals surface area contributed by atoms with Gasteiger partial charge in [-0.2, -0.15) is 0 Å². The van der Waals surface area contributed by atoms with Crippen molar-refractivity contribution in [3.8, 4) is 0 Å². The van der Waals surface area contributed by atoms with Crippen LogP contribution in [-0.4, -0.2) is 26.6 Å². The van der Waals surface area contributed by atoms with Gasteiger partial charge in [-0.15, -0.1) is 0 Å². The number of nitrogens with one attached hydrogen (secondary N) is 2. The zero-order valence-electron chi connectivity index (χ0n) is 10.1. The van der Waals surface area contributed by atoms with Crippen molar-refractivity contribution < 1.29 is 4.74 Å². The van der Waals surface area contributed by atoms with Crippen molar-refractivity contribution in [3.63, 3.8) is 0 Å². The van der Waals surface area contributed by atoms with Crippen LogP contribution in [0.2, 0.25) is 0 Å². The van der Waals surface area contributed by atoms with Gasteiger partial charge in [0.15, 0.2) is 0 Å². The maximum atomic E-state index is 5.14. The fourth-order valence-electron chi connectivity index (χ4n) is 1.80. The zero-order chi connectivity index (χ0) is 12.1. The second kappa shape index (κ2) is 5.50. The lowest BCUT2D eigenvalue weighted by atomic mass is 10.1. The second-order valence-corrected chi connectivity index (χ2v) is 3.84. The summed E-state index contributed by atoms with van der Waals surface area (Å²) >= 11 is 0. The largest absolute Gasteiger partial charge is 0.378 e. The highest BCUT2D eigenvalue weighted by Crippen LogP contribution is 2.14. The molecule has 1 atom stereocenters. The fourth-order valence-corrected chi connectivity index (χ4v) is 1.80. The van der Waals surface area contributed by atoms with Gasteiger partial charge in [-0.1, -0.05) is 30.3 Å². The van der Waals surface area contributed by atoms with Crippen molar-refractivity contribution in [2.24, 2.45) is 4.99 Å². The zero-order valence-corrected chi connectivity index (χ0v) is 10.1. The van der Waals surface area contributed by atoms with Gasteiger partial charge < -0.3 is 15.4 Å².